The van der Waals surface area contributed by atoms with Crippen LogP contribution >= 0.6 is 12.2 Å². The van der Waals surface area contributed by atoms with Crippen molar-refractivity contribution in [3.8, 4) is 17.1 Å². The van der Waals surface area contributed by atoms with Gasteiger partial charge in [-0.25, -0.2) is 9.37 Å². The molecule has 3 aromatic rings. The fourth-order valence-corrected chi connectivity index (χ4v) is 3.66. The SMILES string of the molecule is Fc1ccc(-n2c(-c3ccccc3)nc(=S)c3c2CCCC3)cc1. The van der Waals surface area contributed by atoms with Crippen LogP contribution in [0.1, 0.15) is 24.1 Å². The molecule has 1 heterocycles. The second kappa shape index (κ2) is 6.29. The summed E-state index contributed by atoms with van der Waals surface area (Å²) in [5, 5.41) is 0. The molecule has 1 aromatic heterocycles. The summed E-state index contributed by atoms with van der Waals surface area (Å²) < 4.78 is 16.2. The molecular weight excluding hydrogens is 319 g/mol. The summed E-state index contributed by atoms with van der Waals surface area (Å²) in [7, 11) is 0. The summed E-state index contributed by atoms with van der Waals surface area (Å²) in [5.41, 5.74) is 4.32. The number of rotatable bonds is 2. The van der Waals surface area contributed by atoms with Crippen LogP contribution < -0.4 is 0 Å². The number of hydrogen-bond acceptors (Lipinski definition) is 2. The van der Waals surface area contributed by atoms with E-state index in [1.165, 1.54) is 23.4 Å². The highest BCUT2D eigenvalue weighted by molar-refractivity contribution is 7.71. The third-order valence-corrected chi connectivity index (χ3v) is 4.84. The second-order valence-corrected chi connectivity index (χ2v) is 6.44. The van der Waals surface area contributed by atoms with Crippen molar-refractivity contribution >= 4 is 12.2 Å². The molecule has 4 heteroatoms. The largest absolute Gasteiger partial charge is 0.298 e. The topological polar surface area (TPSA) is 17.8 Å². The molecule has 0 bridgehead atoms. The molecule has 0 saturated heterocycles. The molecule has 2 nitrogen and oxygen atoms in total. The molecule has 0 saturated carbocycles. The van der Waals surface area contributed by atoms with Crippen molar-refractivity contribution in [1.29, 1.82) is 0 Å². The van der Waals surface area contributed by atoms with Crippen LogP contribution in [0.25, 0.3) is 17.1 Å². The summed E-state index contributed by atoms with van der Waals surface area (Å²) in [4.78, 5) is 4.74. The highest BCUT2D eigenvalue weighted by Gasteiger charge is 2.20. The number of halogens is 1. The molecule has 2 aromatic carbocycles. The Morgan fingerprint density at radius 1 is 0.917 bits per heavy atom. The van der Waals surface area contributed by atoms with Crippen LogP contribution in [0, 0.1) is 10.5 Å². The smallest absolute Gasteiger partial charge is 0.146 e. The van der Waals surface area contributed by atoms with E-state index in [0.717, 1.165) is 42.8 Å². The van der Waals surface area contributed by atoms with Gasteiger partial charge in [0.2, 0.25) is 0 Å². The van der Waals surface area contributed by atoms with Crippen LogP contribution in [0.2, 0.25) is 0 Å². The maximum absolute atomic E-state index is 13.4. The molecule has 24 heavy (non-hydrogen) atoms. The highest BCUT2D eigenvalue weighted by Crippen LogP contribution is 2.30. The van der Waals surface area contributed by atoms with E-state index in [2.05, 4.69) is 4.57 Å². The van der Waals surface area contributed by atoms with Gasteiger partial charge in [-0.3, -0.25) is 4.57 Å². The summed E-state index contributed by atoms with van der Waals surface area (Å²) in [6, 6.07) is 16.6. The van der Waals surface area contributed by atoms with Crippen molar-refractivity contribution in [1.82, 2.24) is 9.55 Å². The van der Waals surface area contributed by atoms with Crippen LogP contribution in [0.4, 0.5) is 4.39 Å². The zero-order chi connectivity index (χ0) is 16.5. The monoisotopic (exact) mass is 336 g/mol. The quantitative estimate of drug-likeness (QED) is 0.592. The molecule has 120 valence electrons. The number of fused-ring (bicyclic) bond motifs is 1. The van der Waals surface area contributed by atoms with Gasteiger partial charge in [-0.2, -0.15) is 0 Å². The van der Waals surface area contributed by atoms with Gasteiger partial charge in [0.1, 0.15) is 16.3 Å². The maximum atomic E-state index is 13.4. The van der Waals surface area contributed by atoms with Crippen molar-refractivity contribution < 1.29 is 4.39 Å². The lowest BCUT2D eigenvalue weighted by Crippen LogP contribution is -2.17. The Morgan fingerprint density at radius 3 is 2.38 bits per heavy atom. The van der Waals surface area contributed by atoms with Gasteiger partial charge >= 0.3 is 0 Å². The van der Waals surface area contributed by atoms with Gasteiger partial charge < -0.3 is 0 Å². The molecule has 0 radical (unpaired) electrons. The molecular formula is C20H17FN2S. The first kappa shape index (κ1) is 15.2. The van der Waals surface area contributed by atoms with Crippen molar-refractivity contribution in [2.24, 2.45) is 0 Å². The van der Waals surface area contributed by atoms with Gasteiger partial charge in [0.25, 0.3) is 0 Å². The first-order valence-corrected chi connectivity index (χ1v) is 8.61. The molecule has 0 spiro atoms. The number of hydrogen-bond donors (Lipinski definition) is 0. The van der Waals surface area contributed by atoms with E-state index in [1.54, 1.807) is 12.1 Å². The molecule has 0 N–H and O–H groups in total. The third kappa shape index (κ3) is 2.67. The first-order chi connectivity index (χ1) is 11.7. The van der Waals surface area contributed by atoms with E-state index in [-0.39, 0.29) is 5.82 Å². The Hall–Kier alpha value is -2.33. The predicted molar refractivity (Wildman–Crippen MR) is 96.4 cm³/mol. The van der Waals surface area contributed by atoms with Gasteiger partial charge in [-0.05, 0) is 49.9 Å². The highest BCUT2D eigenvalue weighted by atomic mass is 32.1. The normalized spacial score (nSPS) is 13.5. The van der Waals surface area contributed by atoms with E-state index in [0.29, 0.717) is 4.64 Å². The van der Waals surface area contributed by atoms with Crippen LogP contribution in [0.15, 0.2) is 54.6 Å². The second-order valence-electron chi connectivity index (χ2n) is 6.05. The summed E-state index contributed by atoms with van der Waals surface area (Å²) >= 11 is 5.57. The Morgan fingerprint density at radius 2 is 1.62 bits per heavy atom. The first-order valence-electron chi connectivity index (χ1n) is 8.20. The third-order valence-electron chi connectivity index (χ3n) is 4.50. The Bertz CT molecular complexity index is 930. The van der Waals surface area contributed by atoms with E-state index < -0.39 is 0 Å². The van der Waals surface area contributed by atoms with E-state index in [4.69, 9.17) is 17.2 Å². The molecule has 0 unspecified atom stereocenters. The Kier molecular flexibility index (Phi) is 3.98. The lowest BCUT2D eigenvalue weighted by Gasteiger charge is -2.24. The van der Waals surface area contributed by atoms with Crippen LogP contribution in [0.5, 0.6) is 0 Å². The fourth-order valence-electron chi connectivity index (χ4n) is 3.36. The average Bonchev–Trinajstić information content (AvgIpc) is 2.63. The molecule has 0 fully saturated rings. The summed E-state index contributed by atoms with van der Waals surface area (Å²) in [6.07, 6.45) is 4.23. The molecule has 4 rings (SSSR count). The summed E-state index contributed by atoms with van der Waals surface area (Å²) in [5.74, 6) is 0.593. The Labute approximate surface area is 145 Å². The molecule has 0 atom stereocenters. The standard InChI is InChI=1S/C20H17FN2S/c21-15-10-12-16(13-11-15)23-18-9-5-4-8-17(18)20(24)22-19(23)14-6-2-1-3-7-14/h1-3,6-7,10-13H,4-5,8-9H2. The Balaban J connectivity index is 2.04. The number of aromatic nitrogens is 2. The van der Waals surface area contributed by atoms with Gasteiger partial charge in [0, 0.05) is 22.5 Å². The fraction of sp³-hybridized carbons (Fsp3) is 0.200. The average molecular weight is 336 g/mol. The predicted octanol–water partition coefficient (Wildman–Crippen LogP) is 5.29. The number of nitrogens with zero attached hydrogens (tertiary/aromatic N) is 2. The minimum atomic E-state index is -0.234. The van der Waals surface area contributed by atoms with Gasteiger partial charge in [-0.1, -0.05) is 42.5 Å². The minimum absolute atomic E-state index is 0.234. The summed E-state index contributed by atoms with van der Waals surface area (Å²) in [6.45, 7) is 0. The van der Waals surface area contributed by atoms with Crippen LogP contribution in [-0.2, 0) is 12.8 Å². The molecule has 1 aliphatic carbocycles. The van der Waals surface area contributed by atoms with Crippen LogP contribution in [0.3, 0.4) is 0 Å². The van der Waals surface area contributed by atoms with Crippen molar-refractivity contribution in [3.05, 3.63) is 76.3 Å². The van der Waals surface area contributed by atoms with Gasteiger partial charge in [0.15, 0.2) is 0 Å². The molecule has 0 amide bonds. The zero-order valence-electron chi connectivity index (χ0n) is 13.2. The van der Waals surface area contributed by atoms with Crippen molar-refractivity contribution in [2.45, 2.75) is 25.7 Å². The van der Waals surface area contributed by atoms with Crippen molar-refractivity contribution in [3.63, 3.8) is 0 Å². The lowest BCUT2D eigenvalue weighted by atomic mass is 9.96. The van der Waals surface area contributed by atoms with Crippen LogP contribution in [-0.4, -0.2) is 9.55 Å². The minimum Gasteiger partial charge on any atom is -0.298 e. The van der Waals surface area contributed by atoms with E-state index >= 15 is 0 Å². The van der Waals surface area contributed by atoms with Crippen molar-refractivity contribution in [2.75, 3.05) is 0 Å². The zero-order valence-corrected chi connectivity index (χ0v) is 14.0. The van der Waals surface area contributed by atoms with E-state index in [9.17, 15) is 4.39 Å². The van der Waals surface area contributed by atoms with Gasteiger partial charge in [0.05, 0.1) is 0 Å². The molecule has 1 aliphatic rings. The number of benzene rings is 2. The van der Waals surface area contributed by atoms with E-state index in [1.807, 2.05) is 30.3 Å². The lowest BCUT2D eigenvalue weighted by molar-refractivity contribution is 0.625. The maximum Gasteiger partial charge on any atom is 0.146 e. The molecule has 0 aliphatic heterocycles. The van der Waals surface area contributed by atoms with Gasteiger partial charge in [-0.15, -0.1) is 0 Å².